The van der Waals surface area contributed by atoms with Crippen molar-refractivity contribution in [2.45, 2.75) is 161 Å². The van der Waals surface area contributed by atoms with Crippen LogP contribution in [-0.2, 0) is 28.2 Å². The number of carbonyl (C=O) groups excluding carboxylic acids is 2. The van der Waals surface area contributed by atoms with Crippen LogP contribution in [0.2, 0.25) is 0 Å². The van der Waals surface area contributed by atoms with E-state index in [2.05, 4.69) is 79.1 Å². The van der Waals surface area contributed by atoms with Gasteiger partial charge in [-0.25, -0.2) is 4.57 Å². The molecule has 0 saturated heterocycles. The average molecular weight is 695 g/mol. The largest absolute Gasteiger partial charge is 0.469 e. The highest BCUT2D eigenvalue weighted by atomic mass is 31.2. The van der Waals surface area contributed by atoms with Crippen molar-refractivity contribution in [1.82, 2.24) is 0 Å². The molecular weight excluding hydrogens is 627 g/mol. The second kappa shape index (κ2) is 34.6. The van der Waals surface area contributed by atoms with E-state index in [9.17, 15) is 14.2 Å². The average Bonchev–Trinajstić information content (AvgIpc) is 3.05. The van der Waals surface area contributed by atoms with Crippen LogP contribution in [0, 0.1) is 0 Å². The van der Waals surface area contributed by atoms with Crippen molar-refractivity contribution in [1.29, 1.82) is 0 Å². The number of phosphoric acid groups is 1. The zero-order valence-corrected chi connectivity index (χ0v) is 31.0. The maximum absolute atomic E-state index is 12.3. The second-order valence-corrected chi connectivity index (χ2v) is 13.4. The van der Waals surface area contributed by atoms with Crippen LogP contribution in [0.4, 0.5) is 0 Å². The van der Waals surface area contributed by atoms with E-state index >= 15 is 0 Å². The molecule has 0 radical (unpaired) electrons. The van der Waals surface area contributed by atoms with Gasteiger partial charge < -0.3 is 19.3 Å². The molecule has 0 aromatic heterocycles. The van der Waals surface area contributed by atoms with Crippen LogP contribution < -0.4 is 0 Å². The SMILES string of the molecule is CCC/C=C/C/C=C/C/C=C/C/C=C/CCCCCC(=O)OC[C@H](COP(=O)(O)O)OC(=O)CCCCCCC/C=C/CCCCCC. The Morgan fingerprint density at radius 2 is 0.979 bits per heavy atom. The summed E-state index contributed by atoms with van der Waals surface area (Å²) in [7, 11) is -4.76. The summed E-state index contributed by atoms with van der Waals surface area (Å²) in [6.45, 7) is 3.54. The summed E-state index contributed by atoms with van der Waals surface area (Å²) in [5.74, 6) is -0.937. The lowest BCUT2D eigenvalue weighted by Gasteiger charge is -2.18. The minimum atomic E-state index is -4.76. The van der Waals surface area contributed by atoms with Crippen LogP contribution in [0.1, 0.15) is 155 Å². The number of esters is 2. The summed E-state index contributed by atoms with van der Waals surface area (Å²) in [6.07, 6.45) is 42.2. The number of ether oxygens (including phenoxy) is 2. The Kier molecular flexibility index (Phi) is 33.0. The molecule has 2 N–H and O–H groups in total. The minimum Gasteiger partial charge on any atom is -0.462 e. The first kappa shape index (κ1) is 45.8. The van der Waals surface area contributed by atoms with Crippen molar-refractivity contribution in [2.24, 2.45) is 0 Å². The lowest BCUT2D eigenvalue weighted by atomic mass is 10.1. The summed E-state index contributed by atoms with van der Waals surface area (Å²) in [5.41, 5.74) is 0. The molecule has 0 bridgehead atoms. The molecule has 8 nitrogen and oxygen atoms in total. The third kappa shape index (κ3) is 36.6. The Labute approximate surface area is 292 Å². The van der Waals surface area contributed by atoms with Gasteiger partial charge in [-0.2, -0.15) is 0 Å². The molecule has 0 rings (SSSR count). The minimum absolute atomic E-state index is 0.192. The van der Waals surface area contributed by atoms with E-state index < -0.39 is 32.5 Å². The second-order valence-electron chi connectivity index (χ2n) is 12.2. The Balaban J connectivity index is 4.06. The van der Waals surface area contributed by atoms with Crippen molar-refractivity contribution in [3.05, 3.63) is 60.8 Å². The first-order chi connectivity index (χ1) is 23.3. The standard InChI is InChI=1S/C39H67O8P/c1-3-5-7-9-11-13-15-17-18-19-20-22-23-25-27-29-31-33-38(40)45-35-37(36-46-48(42,43)44)47-39(41)34-32-30-28-26-24-21-16-14-12-10-8-6-4-2/h7,9,13-16,18-19,22-23,37H,3-6,8,10-12,17,20-21,24-36H2,1-2H3,(H2,42,43,44)/b9-7+,15-13+,16-14+,19-18+,23-22+/t37-/m1/s1. The third-order valence-corrected chi connectivity index (χ3v) is 7.98. The predicted molar refractivity (Wildman–Crippen MR) is 197 cm³/mol. The van der Waals surface area contributed by atoms with E-state index in [4.69, 9.17) is 19.3 Å². The van der Waals surface area contributed by atoms with Gasteiger partial charge in [0.25, 0.3) is 0 Å². The third-order valence-electron chi connectivity index (χ3n) is 7.49. The summed E-state index contributed by atoms with van der Waals surface area (Å²) in [5, 5.41) is 0. The molecule has 0 spiro atoms. The van der Waals surface area contributed by atoms with Gasteiger partial charge >= 0.3 is 19.8 Å². The molecule has 0 aliphatic rings. The molecule has 0 aliphatic carbocycles. The van der Waals surface area contributed by atoms with E-state index in [1.54, 1.807) is 0 Å². The van der Waals surface area contributed by atoms with Crippen molar-refractivity contribution in [2.75, 3.05) is 13.2 Å². The first-order valence-electron chi connectivity index (χ1n) is 18.6. The van der Waals surface area contributed by atoms with Gasteiger partial charge in [-0.3, -0.25) is 14.1 Å². The van der Waals surface area contributed by atoms with Gasteiger partial charge in [0, 0.05) is 12.8 Å². The molecule has 0 unspecified atom stereocenters. The van der Waals surface area contributed by atoms with Crippen LogP contribution >= 0.6 is 7.82 Å². The van der Waals surface area contributed by atoms with Crippen LogP contribution in [0.3, 0.4) is 0 Å². The molecule has 0 saturated carbocycles. The molecule has 0 aromatic carbocycles. The highest BCUT2D eigenvalue weighted by Gasteiger charge is 2.22. The van der Waals surface area contributed by atoms with Crippen LogP contribution in [0.15, 0.2) is 60.8 Å². The topological polar surface area (TPSA) is 119 Å². The monoisotopic (exact) mass is 694 g/mol. The Bertz CT molecular complexity index is 963. The maximum Gasteiger partial charge on any atom is 0.469 e. The number of rotatable bonds is 33. The van der Waals surface area contributed by atoms with Crippen molar-refractivity contribution < 1.29 is 37.9 Å². The number of hydrogen-bond donors (Lipinski definition) is 2. The van der Waals surface area contributed by atoms with Crippen LogP contribution in [0.25, 0.3) is 0 Å². The van der Waals surface area contributed by atoms with E-state index in [0.29, 0.717) is 12.8 Å². The number of phosphoric ester groups is 1. The molecule has 1 atom stereocenters. The van der Waals surface area contributed by atoms with E-state index in [0.717, 1.165) is 83.5 Å². The number of allylic oxidation sites excluding steroid dienone is 10. The highest BCUT2D eigenvalue weighted by Crippen LogP contribution is 2.36. The number of carbonyl (C=O) groups is 2. The fourth-order valence-electron chi connectivity index (χ4n) is 4.71. The molecule has 9 heteroatoms. The Morgan fingerprint density at radius 1 is 0.542 bits per heavy atom. The molecule has 276 valence electrons. The lowest BCUT2D eigenvalue weighted by molar-refractivity contribution is -0.161. The Hall–Kier alpha value is -2.25. The smallest absolute Gasteiger partial charge is 0.462 e. The van der Waals surface area contributed by atoms with Gasteiger partial charge in [-0.15, -0.1) is 0 Å². The molecule has 0 aliphatic heterocycles. The van der Waals surface area contributed by atoms with Gasteiger partial charge in [-0.05, 0) is 77.0 Å². The summed E-state index contributed by atoms with van der Waals surface area (Å²) >= 11 is 0. The molecule has 0 amide bonds. The fourth-order valence-corrected chi connectivity index (χ4v) is 5.07. The van der Waals surface area contributed by atoms with Crippen molar-refractivity contribution >= 4 is 19.8 Å². The van der Waals surface area contributed by atoms with Gasteiger partial charge in [0.05, 0.1) is 6.61 Å². The molecule has 48 heavy (non-hydrogen) atoms. The number of unbranched alkanes of at least 4 members (excludes halogenated alkanes) is 13. The first-order valence-corrected chi connectivity index (χ1v) is 20.1. The zero-order chi connectivity index (χ0) is 35.4. The van der Waals surface area contributed by atoms with E-state index in [1.807, 2.05) is 0 Å². The van der Waals surface area contributed by atoms with E-state index in [1.165, 1.54) is 32.1 Å². The molecule has 0 heterocycles. The van der Waals surface area contributed by atoms with Gasteiger partial charge in [0.2, 0.25) is 0 Å². The van der Waals surface area contributed by atoms with Crippen molar-refractivity contribution in [3.8, 4) is 0 Å². The van der Waals surface area contributed by atoms with Crippen LogP contribution in [0.5, 0.6) is 0 Å². The highest BCUT2D eigenvalue weighted by molar-refractivity contribution is 7.46. The lowest BCUT2D eigenvalue weighted by Crippen LogP contribution is -2.29. The van der Waals surface area contributed by atoms with E-state index in [-0.39, 0.29) is 19.4 Å². The van der Waals surface area contributed by atoms with Gasteiger partial charge in [0.15, 0.2) is 6.10 Å². The van der Waals surface area contributed by atoms with Gasteiger partial charge in [0.1, 0.15) is 6.61 Å². The summed E-state index contributed by atoms with van der Waals surface area (Å²) in [4.78, 5) is 42.7. The van der Waals surface area contributed by atoms with Crippen LogP contribution in [-0.4, -0.2) is 41.0 Å². The quantitative estimate of drug-likeness (QED) is 0.0301. The molecular formula is C39H67O8P. The maximum atomic E-state index is 12.3. The molecule has 0 fully saturated rings. The normalized spacial score (nSPS) is 13.2. The fraction of sp³-hybridized carbons (Fsp3) is 0.692. The predicted octanol–water partition coefficient (Wildman–Crippen LogP) is 11.0. The van der Waals surface area contributed by atoms with Crippen molar-refractivity contribution in [3.63, 3.8) is 0 Å². The number of hydrogen-bond acceptors (Lipinski definition) is 6. The van der Waals surface area contributed by atoms with Gasteiger partial charge in [-0.1, -0.05) is 126 Å². The summed E-state index contributed by atoms with van der Waals surface area (Å²) in [6, 6.07) is 0. The summed E-state index contributed by atoms with van der Waals surface area (Å²) < 4.78 is 26.2. The zero-order valence-electron chi connectivity index (χ0n) is 30.1. The molecule has 0 aromatic rings. The Morgan fingerprint density at radius 3 is 1.52 bits per heavy atom.